The van der Waals surface area contributed by atoms with Crippen LogP contribution in [0.4, 0.5) is 0 Å². The molecule has 1 nitrogen and oxygen atoms in total. The molecular formula is C12H16O. The van der Waals surface area contributed by atoms with Crippen molar-refractivity contribution in [1.29, 1.82) is 0 Å². The minimum atomic E-state index is 0.315. The fraction of sp³-hybridized carbons (Fsp3) is 0.333. The lowest BCUT2D eigenvalue weighted by Gasteiger charge is -2.04. The van der Waals surface area contributed by atoms with Crippen LogP contribution in [0, 0.1) is 0 Å². The molecule has 1 aromatic rings. The molecular weight excluding hydrogens is 160 g/mol. The quantitative estimate of drug-likeness (QED) is 0.743. The van der Waals surface area contributed by atoms with Crippen LogP contribution in [0.1, 0.15) is 31.7 Å². The molecule has 0 aliphatic carbocycles. The first-order valence-electron chi connectivity index (χ1n) is 4.71. The van der Waals surface area contributed by atoms with E-state index >= 15 is 0 Å². The molecule has 0 fully saturated rings. The van der Waals surface area contributed by atoms with E-state index in [0.717, 1.165) is 24.0 Å². The molecule has 1 heteroatoms. The molecule has 0 aliphatic rings. The molecule has 1 N–H and O–H groups in total. The van der Waals surface area contributed by atoms with Crippen molar-refractivity contribution in [3.05, 3.63) is 36.4 Å². The molecule has 0 saturated carbocycles. The normalized spacial score (nSPS) is 9.92. The summed E-state index contributed by atoms with van der Waals surface area (Å²) in [7, 11) is 0. The summed E-state index contributed by atoms with van der Waals surface area (Å²) in [6.45, 7) is 6.15. The van der Waals surface area contributed by atoms with Gasteiger partial charge in [-0.05, 0) is 36.1 Å². The number of phenolic OH excluding ortho intramolecular Hbond substituents is 1. The SMILES string of the molecule is C=C(CCCC)c1cccc(O)c1. The summed E-state index contributed by atoms with van der Waals surface area (Å²) in [5, 5.41) is 9.25. The van der Waals surface area contributed by atoms with Gasteiger partial charge in [0.2, 0.25) is 0 Å². The molecule has 0 aliphatic heterocycles. The lowest BCUT2D eigenvalue weighted by atomic mass is 10.0. The predicted molar refractivity (Wildman–Crippen MR) is 56.7 cm³/mol. The molecule has 1 aromatic carbocycles. The van der Waals surface area contributed by atoms with Gasteiger partial charge in [-0.1, -0.05) is 32.1 Å². The van der Waals surface area contributed by atoms with Crippen LogP contribution in [0.3, 0.4) is 0 Å². The van der Waals surface area contributed by atoms with Gasteiger partial charge in [0.1, 0.15) is 5.75 Å². The fourth-order valence-corrected chi connectivity index (χ4v) is 1.26. The van der Waals surface area contributed by atoms with Crippen molar-refractivity contribution >= 4 is 5.57 Å². The maximum absolute atomic E-state index is 9.25. The van der Waals surface area contributed by atoms with Crippen molar-refractivity contribution in [1.82, 2.24) is 0 Å². The average molecular weight is 176 g/mol. The van der Waals surface area contributed by atoms with E-state index in [0.29, 0.717) is 5.75 Å². The van der Waals surface area contributed by atoms with Crippen molar-refractivity contribution < 1.29 is 5.11 Å². The summed E-state index contributed by atoms with van der Waals surface area (Å²) in [5.41, 5.74) is 2.16. The second-order valence-corrected chi connectivity index (χ2v) is 3.26. The third-order valence-corrected chi connectivity index (χ3v) is 2.09. The standard InChI is InChI=1S/C12H16O/c1-3-4-6-10(2)11-7-5-8-12(13)9-11/h5,7-9,13H,2-4,6H2,1H3. The second kappa shape index (κ2) is 4.70. The van der Waals surface area contributed by atoms with Crippen LogP contribution in [-0.4, -0.2) is 5.11 Å². The lowest BCUT2D eigenvalue weighted by molar-refractivity contribution is 0.475. The molecule has 0 amide bonds. The van der Waals surface area contributed by atoms with Crippen LogP contribution in [0.5, 0.6) is 5.75 Å². The molecule has 0 radical (unpaired) electrons. The second-order valence-electron chi connectivity index (χ2n) is 3.26. The first kappa shape index (κ1) is 9.85. The smallest absolute Gasteiger partial charge is 0.116 e. The molecule has 0 unspecified atom stereocenters. The monoisotopic (exact) mass is 176 g/mol. The Bertz CT molecular complexity index is 289. The van der Waals surface area contributed by atoms with Crippen LogP contribution < -0.4 is 0 Å². The van der Waals surface area contributed by atoms with Crippen molar-refractivity contribution in [3.8, 4) is 5.75 Å². The third-order valence-electron chi connectivity index (χ3n) is 2.09. The number of rotatable bonds is 4. The maximum Gasteiger partial charge on any atom is 0.116 e. The highest BCUT2D eigenvalue weighted by Crippen LogP contribution is 2.21. The van der Waals surface area contributed by atoms with E-state index in [2.05, 4.69) is 13.5 Å². The third kappa shape index (κ3) is 2.94. The number of unbranched alkanes of at least 4 members (excludes halogenated alkanes) is 1. The highest BCUT2D eigenvalue weighted by Gasteiger charge is 1.98. The number of allylic oxidation sites excluding steroid dienone is 1. The molecule has 70 valence electrons. The van der Waals surface area contributed by atoms with Gasteiger partial charge in [0.25, 0.3) is 0 Å². The van der Waals surface area contributed by atoms with Crippen LogP contribution in [0.25, 0.3) is 5.57 Å². The molecule has 0 atom stereocenters. The molecule has 13 heavy (non-hydrogen) atoms. The first-order valence-corrected chi connectivity index (χ1v) is 4.71. The van der Waals surface area contributed by atoms with E-state index in [1.165, 1.54) is 6.42 Å². The Kier molecular flexibility index (Phi) is 3.56. The van der Waals surface area contributed by atoms with E-state index in [9.17, 15) is 5.11 Å². The minimum absolute atomic E-state index is 0.315. The van der Waals surface area contributed by atoms with Crippen LogP contribution in [0.2, 0.25) is 0 Å². The lowest BCUT2D eigenvalue weighted by Crippen LogP contribution is -1.82. The molecule has 0 aromatic heterocycles. The molecule has 0 spiro atoms. The zero-order valence-electron chi connectivity index (χ0n) is 8.09. The summed E-state index contributed by atoms with van der Waals surface area (Å²) < 4.78 is 0. The van der Waals surface area contributed by atoms with Crippen LogP contribution in [-0.2, 0) is 0 Å². The van der Waals surface area contributed by atoms with Gasteiger partial charge in [-0.15, -0.1) is 0 Å². The number of hydrogen-bond acceptors (Lipinski definition) is 1. The van der Waals surface area contributed by atoms with Gasteiger partial charge < -0.3 is 5.11 Å². The Morgan fingerprint density at radius 1 is 1.46 bits per heavy atom. The van der Waals surface area contributed by atoms with Crippen molar-refractivity contribution in [2.24, 2.45) is 0 Å². The van der Waals surface area contributed by atoms with E-state index in [-0.39, 0.29) is 0 Å². The number of phenols is 1. The Morgan fingerprint density at radius 2 is 2.23 bits per heavy atom. The van der Waals surface area contributed by atoms with Gasteiger partial charge in [0, 0.05) is 0 Å². The number of benzene rings is 1. The summed E-state index contributed by atoms with van der Waals surface area (Å²) in [6, 6.07) is 7.27. The van der Waals surface area contributed by atoms with E-state index < -0.39 is 0 Å². The van der Waals surface area contributed by atoms with E-state index in [1.807, 2.05) is 12.1 Å². The van der Waals surface area contributed by atoms with Crippen molar-refractivity contribution in [3.63, 3.8) is 0 Å². The number of hydrogen-bond donors (Lipinski definition) is 1. The molecule has 0 saturated heterocycles. The summed E-state index contributed by atoms with van der Waals surface area (Å²) in [4.78, 5) is 0. The first-order chi connectivity index (χ1) is 6.24. The highest BCUT2D eigenvalue weighted by atomic mass is 16.3. The largest absolute Gasteiger partial charge is 0.508 e. The molecule has 0 bridgehead atoms. The zero-order valence-corrected chi connectivity index (χ0v) is 8.09. The fourth-order valence-electron chi connectivity index (χ4n) is 1.26. The van der Waals surface area contributed by atoms with Gasteiger partial charge in [0.15, 0.2) is 0 Å². The summed E-state index contributed by atoms with van der Waals surface area (Å²) in [5.74, 6) is 0.315. The van der Waals surface area contributed by atoms with Gasteiger partial charge in [0.05, 0.1) is 0 Å². The highest BCUT2D eigenvalue weighted by molar-refractivity contribution is 5.64. The predicted octanol–water partition coefficient (Wildman–Crippen LogP) is 3.60. The van der Waals surface area contributed by atoms with Gasteiger partial charge >= 0.3 is 0 Å². The van der Waals surface area contributed by atoms with Crippen LogP contribution in [0.15, 0.2) is 30.8 Å². The van der Waals surface area contributed by atoms with Crippen LogP contribution >= 0.6 is 0 Å². The zero-order chi connectivity index (χ0) is 9.68. The topological polar surface area (TPSA) is 20.2 Å². The van der Waals surface area contributed by atoms with Crippen molar-refractivity contribution in [2.45, 2.75) is 26.2 Å². The van der Waals surface area contributed by atoms with Gasteiger partial charge in [-0.3, -0.25) is 0 Å². The average Bonchev–Trinajstić information content (AvgIpc) is 2.14. The van der Waals surface area contributed by atoms with E-state index in [4.69, 9.17) is 0 Å². The summed E-state index contributed by atoms with van der Waals surface area (Å²) >= 11 is 0. The van der Waals surface area contributed by atoms with E-state index in [1.54, 1.807) is 12.1 Å². The Labute approximate surface area is 79.7 Å². The number of aromatic hydroxyl groups is 1. The Hall–Kier alpha value is -1.24. The maximum atomic E-state index is 9.25. The van der Waals surface area contributed by atoms with Crippen molar-refractivity contribution in [2.75, 3.05) is 0 Å². The minimum Gasteiger partial charge on any atom is -0.508 e. The molecule has 1 rings (SSSR count). The summed E-state index contributed by atoms with van der Waals surface area (Å²) in [6.07, 6.45) is 3.35. The van der Waals surface area contributed by atoms with Gasteiger partial charge in [-0.25, -0.2) is 0 Å². The van der Waals surface area contributed by atoms with Gasteiger partial charge in [-0.2, -0.15) is 0 Å². The Morgan fingerprint density at radius 3 is 2.85 bits per heavy atom. The Balaban J connectivity index is 2.66. The molecule has 0 heterocycles.